The second kappa shape index (κ2) is 7.70. The van der Waals surface area contributed by atoms with Crippen molar-refractivity contribution in [1.82, 2.24) is 9.55 Å². The molecular formula is C23H27N7O. The molecule has 8 heteroatoms. The van der Waals surface area contributed by atoms with Crippen molar-refractivity contribution < 1.29 is 5.11 Å². The number of nitrogens with two attached hydrogens (primary N) is 2. The van der Waals surface area contributed by atoms with Crippen LogP contribution in [0.25, 0.3) is 22.4 Å². The lowest BCUT2D eigenvalue weighted by Gasteiger charge is -2.45. The molecule has 1 saturated carbocycles. The topological polar surface area (TPSA) is 118 Å². The van der Waals surface area contributed by atoms with Gasteiger partial charge in [-0.25, -0.2) is 9.98 Å². The first-order valence-corrected chi connectivity index (χ1v) is 10.8. The molecule has 1 aromatic heterocycles. The molecule has 2 aliphatic rings. The Hall–Kier alpha value is -3.39. The van der Waals surface area contributed by atoms with E-state index in [4.69, 9.17) is 21.4 Å². The van der Waals surface area contributed by atoms with E-state index in [0.717, 1.165) is 53.8 Å². The number of nitrogens with zero attached hydrogens (tertiary/aromatic N) is 5. The summed E-state index contributed by atoms with van der Waals surface area (Å²) >= 11 is 0. The fraction of sp³-hybridized carbons (Fsp3) is 0.348. The van der Waals surface area contributed by atoms with Gasteiger partial charge >= 0.3 is 0 Å². The highest BCUT2D eigenvalue weighted by Crippen LogP contribution is 2.40. The second-order valence-corrected chi connectivity index (χ2v) is 8.17. The normalized spacial score (nSPS) is 18.3. The summed E-state index contributed by atoms with van der Waals surface area (Å²) in [4.78, 5) is 16.0. The molecule has 0 unspecified atom stereocenters. The van der Waals surface area contributed by atoms with Gasteiger partial charge in [-0.05, 0) is 43.9 Å². The Labute approximate surface area is 180 Å². The molecular weight excluding hydrogens is 390 g/mol. The van der Waals surface area contributed by atoms with E-state index in [2.05, 4.69) is 9.56 Å². The summed E-state index contributed by atoms with van der Waals surface area (Å²) in [5.74, 6) is 1.44. The van der Waals surface area contributed by atoms with Crippen molar-refractivity contribution in [3.05, 3.63) is 48.5 Å². The highest BCUT2D eigenvalue weighted by atomic mass is 16.3. The van der Waals surface area contributed by atoms with Crippen LogP contribution in [0.1, 0.15) is 32.1 Å². The second-order valence-electron chi connectivity index (χ2n) is 8.17. The van der Waals surface area contributed by atoms with Gasteiger partial charge in [-0.1, -0.05) is 36.8 Å². The Morgan fingerprint density at radius 2 is 1.77 bits per heavy atom. The van der Waals surface area contributed by atoms with E-state index in [0.29, 0.717) is 12.5 Å². The Balaban J connectivity index is 1.63. The Morgan fingerprint density at radius 3 is 2.52 bits per heavy atom. The van der Waals surface area contributed by atoms with Gasteiger partial charge in [-0.2, -0.15) is 4.99 Å². The van der Waals surface area contributed by atoms with E-state index in [1.165, 1.54) is 6.42 Å². The van der Waals surface area contributed by atoms with Crippen LogP contribution in [0, 0.1) is 0 Å². The number of hydrogen-bond donors (Lipinski definition) is 3. The van der Waals surface area contributed by atoms with Crippen LogP contribution in [-0.4, -0.2) is 38.8 Å². The number of fused-ring (bicyclic) bond motifs is 1. The first-order valence-electron chi connectivity index (χ1n) is 10.8. The summed E-state index contributed by atoms with van der Waals surface area (Å²) in [5.41, 5.74) is 15.6. The van der Waals surface area contributed by atoms with Crippen molar-refractivity contribution in [3.63, 3.8) is 0 Å². The van der Waals surface area contributed by atoms with Crippen LogP contribution in [0.5, 0.6) is 0 Å². The van der Waals surface area contributed by atoms with E-state index < -0.39 is 5.66 Å². The largest absolute Gasteiger partial charge is 0.395 e. The molecule has 0 amide bonds. The maximum absolute atomic E-state index is 9.64. The SMILES string of the molecule is NC1=NC2(CCCCC2)N(c2ccc3c(c2)nc(-c2ccccc2)n3CCO)C(N)=N1. The van der Waals surface area contributed by atoms with Crippen LogP contribution in [0.2, 0.25) is 0 Å². The van der Waals surface area contributed by atoms with Crippen molar-refractivity contribution >= 4 is 28.6 Å². The lowest BCUT2D eigenvalue weighted by molar-refractivity contribution is 0.278. The smallest absolute Gasteiger partial charge is 0.220 e. The molecule has 2 aromatic carbocycles. The van der Waals surface area contributed by atoms with Gasteiger partial charge in [0, 0.05) is 17.8 Å². The van der Waals surface area contributed by atoms with Crippen LogP contribution in [-0.2, 0) is 6.54 Å². The van der Waals surface area contributed by atoms with E-state index in [1.807, 2.05) is 53.4 Å². The van der Waals surface area contributed by atoms with E-state index >= 15 is 0 Å². The lowest BCUT2D eigenvalue weighted by Crippen LogP contribution is -2.58. The molecule has 31 heavy (non-hydrogen) atoms. The molecule has 5 rings (SSSR count). The number of hydrogen-bond acceptors (Lipinski definition) is 7. The number of benzene rings is 2. The van der Waals surface area contributed by atoms with Gasteiger partial charge in [0.1, 0.15) is 11.5 Å². The van der Waals surface area contributed by atoms with Gasteiger partial charge in [0.15, 0.2) is 0 Å². The molecule has 1 aliphatic heterocycles. The number of guanidine groups is 2. The fourth-order valence-electron chi connectivity index (χ4n) is 4.89. The van der Waals surface area contributed by atoms with Gasteiger partial charge in [-0.15, -0.1) is 0 Å². The lowest BCUT2D eigenvalue weighted by atomic mass is 9.87. The van der Waals surface area contributed by atoms with Gasteiger partial charge < -0.3 is 21.1 Å². The summed E-state index contributed by atoms with van der Waals surface area (Å²) in [6.07, 6.45) is 5.11. The van der Waals surface area contributed by atoms with Crippen molar-refractivity contribution in [1.29, 1.82) is 0 Å². The molecule has 0 saturated heterocycles. The van der Waals surface area contributed by atoms with Crippen molar-refractivity contribution in [2.75, 3.05) is 11.5 Å². The maximum Gasteiger partial charge on any atom is 0.220 e. The number of anilines is 1. The summed E-state index contributed by atoms with van der Waals surface area (Å²) in [7, 11) is 0. The zero-order chi connectivity index (χ0) is 21.4. The van der Waals surface area contributed by atoms with Crippen LogP contribution in [0.3, 0.4) is 0 Å². The van der Waals surface area contributed by atoms with E-state index in [1.54, 1.807) is 0 Å². The molecule has 160 valence electrons. The molecule has 5 N–H and O–H groups in total. The minimum atomic E-state index is -0.488. The number of imidazole rings is 1. The fourth-order valence-corrected chi connectivity index (χ4v) is 4.89. The van der Waals surface area contributed by atoms with Gasteiger partial charge in [0.2, 0.25) is 11.9 Å². The summed E-state index contributed by atoms with van der Waals surface area (Å²) in [5, 5.41) is 9.64. The molecule has 2 heterocycles. The molecule has 3 aromatic rings. The summed E-state index contributed by atoms with van der Waals surface area (Å²) < 4.78 is 2.05. The molecule has 1 fully saturated rings. The maximum atomic E-state index is 9.64. The summed E-state index contributed by atoms with van der Waals surface area (Å²) in [6, 6.07) is 16.1. The van der Waals surface area contributed by atoms with E-state index in [9.17, 15) is 5.11 Å². The van der Waals surface area contributed by atoms with Crippen LogP contribution >= 0.6 is 0 Å². The first-order chi connectivity index (χ1) is 15.1. The first kappa shape index (κ1) is 19.6. The molecule has 0 radical (unpaired) electrons. The number of aliphatic hydroxyl groups excluding tert-OH is 1. The third-order valence-electron chi connectivity index (χ3n) is 6.20. The van der Waals surface area contributed by atoms with E-state index in [-0.39, 0.29) is 12.6 Å². The Kier molecular flexibility index (Phi) is 4.86. The molecule has 0 atom stereocenters. The quantitative estimate of drug-likeness (QED) is 0.603. The van der Waals surface area contributed by atoms with Crippen LogP contribution < -0.4 is 16.4 Å². The van der Waals surface area contributed by atoms with Crippen LogP contribution in [0.4, 0.5) is 5.69 Å². The van der Waals surface area contributed by atoms with Gasteiger partial charge in [0.25, 0.3) is 0 Å². The molecule has 1 spiro atoms. The van der Waals surface area contributed by atoms with Crippen molar-refractivity contribution in [3.8, 4) is 11.4 Å². The van der Waals surface area contributed by atoms with Gasteiger partial charge in [-0.3, -0.25) is 4.90 Å². The minimum Gasteiger partial charge on any atom is -0.395 e. The zero-order valence-electron chi connectivity index (χ0n) is 17.4. The van der Waals surface area contributed by atoms with Crippen molar-refractivity contribution in [2.24, 2.45) is 21.5 Å². The monoisotopic (exact) mass is 417 g/mol. The number of aliphatic imine (C=N–C) groups is 2. The third-order valence-corrected chi connectivity index (χ3v) is 6.20. The van der Waals surface area contributed by atoms with Crippen molar-refractivity contribution in [2.45, 2.75) is 44.3 Å². The average Bonchev–Trinajstić information content (AvgIpc) is 3.12. The average molecular weight is 418 g/mol. The minimum absolute atomic E-state index is 0.0376. The standard InChI is InChI=1S/C23H27N7O/c24-21-27-22(25)30(23(28-21)11-5-2-6-12-23)17-9-10-19-18(15-17)26-20(29(19)13-14-31)16-7-3-1-4-8-16/h1,3-4,7-10,15,31H,2,5-6,11-14H2,(H4,24,25,27,28). The Morgan fingerprint density at radius 1 is 1.00 bits per heavy atom. The molecule has 1 aliphatic carbocycles. The molecule has 0 bridgehead atoms. The number of aromatic nitrogens is 2. The van der Waals surface area contributed by atoms with Gasteiger partial charge in [0.05, 0.1) is 17.6 Å². The highest BCUT2D eigenvalue weighted by Gasteiger charge is 2.42. The third kappa shape index (κ3) is 3.33. The molecule has 8 nitrogen and oxygen atoms in total. The Bertz CT molecular complexity index is 1160. The summed E-state index contributed by atoms with van der Waals surface area (Å²) in [6.45, 7) is 0.508. The number of aliphatic hydroxyl groups is 1. The zero-order valence-corrected chi connectivity index (χ0v) is 17.4. The van der Waals surface area contributed by atoms with Crippen LogP contribution in [0.15, 0.2) is 58.5 Å². The predicted molar refractivity (Wildman–Crippen MR) is 124 cm³/mol. The number of rotatable bonds is 4. The highest BCUT2D eigenvalue weighted by molar-refractivity contribution is 6.06. The predicted octanol–water partition coefficient (Wildman–Crippen LogP) is 2.81.